The molecule has 0 bridgehead atoms. The Morgan fingerprint density at radius 3 is 2.68 bits per heavy atom. The number of ether oxygens (including phenoxy) is 1. The van der Waals surface area contributed by atoms with Crippen LogP contribution in [0, 0.1) is 0 Å². The summed E-state index contributed by atoms with van der Waals surface area (Å²) in [7, 11) is 1.60. The van der Waals surface area contributed by atoms with E-state index in [2.05, 4.69) is 26.6 Å². The fourth-order valence-electron chi connectivity index (χ4n) is 2.17. The van der Waals surface area contributed by atoms with Crippen LogP contribution in [0.1, 0.15) is 12.8 Å². The van der Waals surface area contributed by atoms with Gasteiger partial charge in [0, 0.05) is 17.3 Å². The quantitative estimate of drug-likeness (QED) is 0.882. The summed E-state index contributed by atoms with van der Waals surface area (Å²) >= 11 is 3.39. The largest absolute Gasteiger partial charge is 0.368 e. The third kappa shape index (κ3) is 3.92. The zero-order chi connectivity index (χ0) is 13.0. The number of hydrogen-bond donors (Lipinski definition) is 2. The van der Waals surface area contributed by atoms with Crippen LogP contribution in [-0.4, -0.2) is 31.7 Å². The Morgan fingerprint density at radius 2 is 2.11 bits per heavy atom. The summed E-state index contributed by atoms with van der Waals surface area (Å²) in [5.41, 5.74) is 0.0810. The van der Waals surface area contributed by atoms with E-state index in [1.807, 2.05) is 24.3 Å². The number of nitrogens with one attached hydrogen (secondary N) is 2. The number of benzene rings is 1. The zero-order valence-corrected chi connectivity index (χ0v) is 13.1. The highest BCUT2D eigenvalue weighted by Gasteiger charge is 2.39. The second-order valence-corrected chi connectivity index (χ2v) is 5.33. The molecular formula is C13H18BrClN2O2. The Morgan fingerprint density at radius 1 is 1.42 bits per heavy atom. The summed E-state index contributed by atoms with van der Waals surface area (Å²) in [4.78, 5) is 12.4. The van der Waals surface area contributed by atoms with Crippen LogP contribution in [0.25, 0.3) is 0 Å². The van der Waals surface area contributed by atoms with Crippen LogP contribution in [0.4, 0.5) is 5.69 Å². The number of amides is 1. The average Bonchev–Trinajstić information content (AvgIpc) is 2.39. The third-order valence-electron chi connectivity index (χ3n) is 3.30. The van der Waals surface area contributed by atoms with Gasteiger partial charge in [-0.05, 0) is 44.1 Å². The lowest BCUT2D eigenvalue weighted by Crippen LogP contribution is -2.51. The first-order chi connectivity index (χ1) is 8.66. The summed E-state index contributed by atoms with van der Waals surface area (Å²) in [5.74, 6) is -0.0652. The minimum absolute atomic E-state index is 0. The van der Waals surface area contributed by atoms with Crippen molar-refractivity contribution in [3.8, 4) is 0 Å². The first-order valence-corrected chi connectivity index (χ1v) is 6.78. The molecule has 19 heavy (non-hydrogen) atoms. The molecule has 1 aromatic rings. The van der Waals surface area contributed by atoms with Gasteiger partial charge in [0.2, 0.25) is 0 Å². The molecule has 1 heterocycles. The number of hydrogen-bond acceptors (Lipinski definition) is 3. The SMILES string of the molecule is COC1(C(=O)Nc2cccc(Br)c2)CCNCC1.Cl. The first-order valence-electron chi connectivity index (χ1n) is 5.99. The van der Waals surface area contributed by atoms with E-state index in [1.165, 1.54) is 0 Å². The lowest BCUT2D eigenvalue weighted by atomic mass is 9.91. The predicted octanol–water partition coefficient (Wildman–Crippen LogP) is 2.58. The highest BCUT2D eigenvalue weighted by Crippen LogP contribution is 2.25. The van der Waals surface area contributed by atoms with Gasteiger partial charge in [-0.3, -0.25) is 4.79 Å². The molecule has 0 atom stereocenters. The maximum absolute atomic E-state index is 12.4. The topological polar surface area (TPSA) is 50.4 Å². The average molecular weight is 350 g/mol. The molecule has 1 aromatic carbocycles. The van der Waals surface area contributed by atoms with Gasteiger partial charge in [0.25, 0.3) is 5.91 Å². The Labute approximate surface area is 127 Å². The van der Waals surface area contributed by atoms with E-state index in [1.54, 1.807) is 7.11 Å². The van der Waals surface area contributed by atoms with Gasteiger partial charge in [-0.25, -0.2) is 0 Å². The van der Waals surface area contributed by atoms with Crippen molar-refractivity contribution in [1.82, 2.24) is 5.32 Å². The number of anilines is 1. The van der Waals surface area contributed by atoms with Crippen LogP contribution < -0.4 is 10.6 Å². The Bertz CT molecular complexity index is 436. The molecule has 0 saturated carbocycles. The van der Waals surface area contributed by atoms with Crippen LogP contribution in [0.15, 0.2) is 28.7 Å². The van der Waals surface area contributed by atoms with Crippen molar-refractivity contribution in [2.75, 3.05) is 25.5 Å². The minimum atomic E-state index is -0.701. The van der Waals surface area contributed by atoms with Crippen LogP contribution in [0.5, 0.6) is 0 Å². The molecule has 0 radical (unpaired) electrons. The van der Waals surface area contributed by atoms with Gasteiger partial charge < -0.3 is 15.4 Å². The molecule has 1 saturated heterocycles. The number of carbonyl (C=O) groups excluding carboxylic acids is 1. The minimum Gasteiger partial charge on any atom is -0.368 e. The van der Waals surface area contributed by atoms with E-state index in [9.17, 15) is 4.79 Å². The van der Waals surface area contributed by atoms with Crippen molar-refractivity contribution in [3.05, 3.63) is 28.7 Å². The van der Waals surface area contributed by atoms with Gasteiger partial charge in [-0.1, -0.05) is 22.0 Å². The zero-order valence-electron chi connectivity index (χ0n) is 10.7. The van der Waals surface area contributed by atoms with Crippen LogP contribution in [-0.2, 0) is 9.53 Å². The van der Waals surface area contributed by atoms with Gasteiger partial charge in [0.1, 0.15) is 5.60 Å². The van der Waals surface area contributed by atoms with Crippen molar-refractivity contribution in [2.24, 2.45) is 0 Å². The second-order valence-electron chi connectivity index (χ2n) is 4.41. The maximum Gasteiger partial charge on any atom is 0.256 e. The van der Waals surface area contributed by atoms with Crippen molar-refractivity contribution in [1.29, 1.82) is 0 Å². The van der Waals surface area contributed by atoms with Gasteiger partial charge in [-0.15, -0.1) is 12.4 Å². The summed E-state index contributed by atoms with van der Waals surface area (Å²) in [5, 5.41) is 6.16. The summed E-state index contributed by atoms with van der Waals surface area (Å²) in [6.07, 6.45) is 1.40. The first kappa shape index (κ1) is 16.4. The molecule has 0 aromatic heterocycles. The molecule has 1 fully saturated rings. The van der Waals surface area contributed by atoms with Crippen molar-refractivity contribution >= 4 is 39.9 Å². The molecule has 2 N–H and O–H groups in total. The van der Waals surface area contributed by atoms with Crippen molar-refractivity contribution in [2.45, 2.75) is 18.4 Å². The Hall–Kier alpha value is -0.620. The molecule has 1 aliphatic heterocycles. The molecule has 6 heteroatoms. The van der Waals surface area contributed by atoms with E-state index >= 15 is 0 Å². The highest BCUT2D eigenvalue weighted by atomic mass is 79.9. The molecular weight excluding hydrogens is 332 g/mol. The molecule has 1 amide bonds. The van der Waals surface area contributed by atoms with E-state index in [-0.39, 0.29) is 18.3 Å². The summed E-state index contributed by atoms with van der Waals surface area (Å²) in [6, 6.07) is 7.56. The van der Waals surface area contributed by atoms with Crippen LogP contribution in [0.2, 0.25) is 0 Å². The standard InChI is InChI=1S/C13H17BrN2O2.ClH/c1-18-13(5-7-15-8-6-13)12(17)16-11-4-2-3-10(14)9-11;/h2-4,9,15H,5-8H2,1H3,(H,16,17);1H. The van der Waals surface area contributed by atoms with E-state index in [0.29, 0.717) is 12.8 Å². The smallest absolute Gasteiger partial charge is 0.256 e. The second kappa shape index (κ2) is 7.24. The van der Waals surface area contributed by atoms with Gasteiger partial charge in [-0.2, -0.15) is 0 Å². The molecule has 0 unspecified atom stereocenters. The Kier molecular flexibility index (Phi) is 6.26. The fraction of sp³-hybridized carbons (Fsp3) is 0.462. The highest BCUT2D eigenvalue weighted by molar-refractivity contribution is 9.10. The van der Waals surface area contributed by atoms with E-state index in [0.717, 1.165) is 23.2 Å². The normalized spacial score (nSPS) is 17.4. The van der Waals surface area contributed by atoms with Crippen LogP contribution in [0.3, 0.4) is 0 Å². The van der Waals surface area contributed by atoms with E-state index in [4.69, 9.17) is 4.74 Å². The molecule has 0 aliphatic carbocycles. The predicted molar refractivity (Wildman–Crippen MR) is 81.9 cm³/mol. The molecule has 2 rings (SSSR count). The van der Waals surface area contributed by atoms with Crippen molar-refractivity contribution in [3.63, 3.8) is 0 Å². The number of piperidine rings is 1. The fourth-order valence-corrected chi connectivity index (χ4v) is 2.56. The van der Waals surface area contributed by atoms with Gasteiger partial charge in [0.15, 0.2) is 0 Å². The lowest BCUT2D eigenvalue weighted by molar-refractivity contribution is -0.140. The number of halogens is 2. The van der Waals surface area contributed by atoms with Gasteiger partial charge in [0.05, 0.1) is 0 Å². The maximum atomic E-state index is 12.4. The Balaban J connectivity index is 0.00000180. The molecule has 106 valence electrons. The number of rotatable bonds is 3. The van der Waals surface area contributed by atoms with Gasteiger partial charge >= 0.3 is 0 Å². The summed E-state index contributed by atoms with van der Waals surface area (Å²) in [6.45, 7) is 1.61. The molecule has 1 aliphatic rings. The monoisotopic (exact) mass is 348 g/mol. The summed E-state index contributed by atoms with van der Waals surface area (Å²) < 4.78 is 6.42. The number of carbonyl (C=O) groups is 1. The molecule has 0 spiro atoms. The number of methoxy groups -OCH3 is 1. The molecule has 4 nitrogen and oxygen atoms in total. The lowest BCUT2D eigenvalue weighted by Gasteiger charge is -2.34. The van der Waals surface area contributed by atoms with Crippen LogP contribution >= 0.6 is 28.3 Å². The van der Waals surface area contributed by atoms with E-state index < -0.39 is 5.60 Å². The third-order valence-corrected chi connectivity index (χ3v) is 3.79. The van der Waals surface area contributed by atoms with Crippen molar-refractivity contribution < 1.29 is 9.53 Å².